The molecule has 0 saturated heterocycles. The lowest BCUT2D eigenvalue weighted by Crippen LogP contribution is -2.28. The summed E-state index contributed by atoms with van der Waals surface area (Å²) in [6, 6.07) is 3.83. The maximum atomic E-state index is 5.64. The third-order valence-corrected chi connectivity index (χ3v) is 3.77. The number of hydrogen-bond donors (Lipinski definition) is 2. The van der Waals surface area contributed by atoms with Gasteiger partial charge in [-0.05, 0) is 22.6 Å². The number of hydrogen-bond acceptors (Lipinski definition) is 5. The summed E-state index contributed by atoms with van der Waals surface area (Å²) in [5.41, 5.74) is 7.86. The summed E-state index contributed by atoms with van der Waals surface area (Å²) >= 11 is 0. The van der Waals surface area contributed by atoms with Gasteiger partial charge in [-0.25, -0.2) is 15.0 Å². The van der Waals surface area contributed by atoms with E-state index in [9.17, 15) is 0 Å². The first-order valence-corrected chi connectivity index (χ1v) is 7.47. The highest BCUT2D eigenvalue weighted by Crippen LogP contribution is 2.24. The molecule has 2 aromatic rings. The molecule has 2 rings (SSSR count). The van der Waals surface area contributed by atoms with E-state index in [4.69, 9.17) is 5.73 Å². The highest BCUT2D eigenvalue weighted by Gasteiger charge is 2.21. The highest BCUT2D eigenvalue weighted by molar-refractivity contribution is 5.34. The number of nitrogens with one attached hydrogen (secondary N) is 1. The van der Waals surface area contributed by atoms with Gasteiger partial charge in [0.05, 0.1) is 0 Å². The van der Waals surface area contributed by atoms with E-state index in [0.29, 0.717) is 18.3 Å². The lowest BCUT2D eigenvalue weighted by atomic mass is 9.85. The third-order valence-electron chi connectivity index (χ3n) is 3.77. The number of nitrogen functional groups attached to an aromatic ring is 1. The van der Waals surface area contributed by atoms with Crippen LogP contribution in [0.3, 0.4) is 0 Å². The summed E-state index contributed by atoms with van der Waals surface area (Å²) < 4.78 is 0. The average molecular weight is 299 g/mol. The van der Waals surface area contributed by atoms with Gasteiger partial charge in [0.1, 0.15) is 5.82 Å². The zero-order valence-corrected chi connectivity index (χ0v) is 14.0. The summed E-state index contributed by atoms with van der Waals surface area (Å²) in [4.78, 5) is 13.0. The zero-order valence-electron chi connectivity index (χ0n) is 14.0. The van der Waals surface area contributed by atoms with Crippen molar-refractivity contribution in [2.45, 2.75) is 45.4 Å². The van der Waals surface area contributed by atoms with Gasteiger partial charge < -0.3 is 11.1 Å². The minimum Gasteiger partial charge on any atom is -0.384 e. The zero-order chi connectivity index (χ0) is 16.4. The van der Waals surface area contributed by atoms with Gasteiger partial charge in [-0.15, -0.1) is 0 Å². The molecule has 0 fully saturated rings. The number of nitrogens with zero attached hydrogens (tertiary/aromatic N) is 3. The van der Waals surface area contributed by atoms with Crippen molar-refractivity contribution in [3.63, 3.8) is 0 Å². The molecule has 0 aromatic carbocycles. The van der Waals surface area contributed by atoms with Crippen molar-refractivity contribution in [1.29, 1.82) is 0 Å². The van der Waals surface area contributed by atoms with Crippen molar-refractivity contribution in [3.8, 4) is 0 Å². The largest absolute Gasteiger partial charge is 0.384 e. The van der Waals surface area contributed by atoms with Crippen LogP contribution >= 0.6 is 0 Å². The Morgan fingerprint density at radius 1 is 0.909 bits per heavy atom. The summed E-state index contributed by atoms with van der Waals surface area (Å²) in [5, 5.41) is 3.30. The molecule has 3 N–H and O–H groups in total. The Morgan fingerprint density at radius 2 is 1.50 bits per heavy atom. The molecule has 0 atom stereocenters. The molecule has 118 valence electrons. The van der Waals surface area contributed by atoms with Gasteiger partial charge in [0.15, 0.2) is 0 Å². The molecule has 0 aliphatic carbocycles. The van der Waals surface area contributed by atoms with Gasteiger partial charge in [0.25, 0.3) is 0 Å². The predicted molar refractivity (Wildman–Crippen MR) is 90.9 cm³/mol. The normalized spacial score (nSPS) is 12.2. The molecule has 5 heteroatoms. The topological polar surface area (TPSA) is 76.7 Å². The molecule has 0 bridgehead atoms. The van der Waals surface area contributed by atoms with Gasteiger partial charge in [-0.3, -0.25) is 0 Å². The van der Waals surface area contributed by atoms with Crippen LogP contribution in [0.4, 0.5) is 11.8 Å². The van der Waals surface area contributed by atoms with Gasteiger partial charge >= 0.3 is 0 Å². The van der Waals surface area contributed by atoms with Crippen molar-refractivity contribution in [2.75, 3.05) is 17.6 Å². The standard InChI is InChI=1S/C17H25N5/c1-16(2,3)13-9-20-15(21-10-13)22-11-17(4,5)12-6-7-14(18)19-8-12/h6-10H,11H2,1-5H3,(H2,18,19)(H,20,21,22). The molecular formula is C17H25N5. The van der Waals surface area contributed by atoms with Crippen molar-refractivity contribution in [3.05, 3.63) is 41.9 Å². The number of rotatable bonds is 4. The lowest BCUT2D eigenvalue weighted by Gasteiger charge is -2.25. The average Bonchev–Trinajstić information content (AvgIpc) is 2.45. The van der Waals surface area contributed by atoms with Gasteiger partial charge in [-0.2, -0.15) is 0 Å². The third kappa shape index (κ3) is 3.93. The predicted octanol–water partition coefficient (Wildman–Crippen LogP) is 3.14. The summed E-state index contributed by atoms with van der Waals surface area (Å²) in [5.74, 6) is 1.18. The Kier molecular flexibility index (Phi) is 4.35. The van der Waals surface area contributed by atoms with Gasteiger partial charge in [0, 0.05) is 30.6 Å². The molecule has 5 nitrogen and oxygen atoms in total. The van der Waals surface area contributed by atoms with Crippen LogP contribution < -0.4 is 11.1 Å². The fraction of sp³-hybridized carbons (Fsp3) is 0.471. The van der Waals surface area contributed by atoms with E-state index in [0.717, 1.165) is 11.1 Å². The first-order chi connectivity index (χ1) is 10.2. The number of nitrogens with two attached hydrogens (primary N) is 1. The van der Waals surface area contributed by atoms with Gasteiger partial charge in [-0.1, -0.05) is 40.7 Å². The second-order valence-electron chi connectivity index (χ2n) is 7.25. The summed E-state index contributed by atoms with van der Waals surface area (Å²) in [7, 11) is 0. The van der Waals surface area contributed by atoms with Crippen LogP contribution in [0.15, 0.2) is 30.7 Å². The van der Waals surface area contributed by atoms with Crippen LogP contribution in [0, 0.1) is 0 Å². The molecule has 22 heavy (non-hydrogen) atoms. The Bertz CT molecular complexity index is 609. The van der Waals surface area contributed by atoms with Crippen LogP contribution in [0.25, 0.3) is 0 Å². The van der Waals surface area contributed by atoms with E-state index >= 15 is 0 Å². The number of anilines is 2. The number of aromatic nitrogens is 3. The molecule has 2 aromatic heterocycles. The quantitative estimate of drug-likeness (QED) is 0.907. The minimum atomic E-state index is -0.0905. The molecule has 0 saturated carbocycles. The number of pyridine rings is 1. The van der Waals surface area contributed by atoms with Gasteiger partial charge in [0.2, 0.25) is 5.95 Å². The van der Waals surface area contributed by atoms with Crippen LogP contribution in [-0.4, -0.2) is 21.5 Å². The van der Waals surface area contributed by atoms with Crippen molar-refractivity contribution in [1.82, 2.24) is 15.0 Å². The van der Waals surface area contributed by atoms with E-state index in [2.05, 4.69) is 54.9 Å². The smallest absolute Gasteiger partial charge is 0.222 e. The molecule has 0 radical (unpaired) electrons. The molecular weight excluding hydrogens is 274 g/mol. The van der Waals surface area contributed by atoms with Crippen LogP contribution in [0.2, 0.25) is 0 Å². The molecule has 0 aliphatic rings. The Balaban J connectivity index is 2.04. The maximum absolute atomic E-state index is 5.64. The van der Waals surface area contributed by atoms with E-state index in [1.807, 2.05) is 30.7 Å². The summed E-state index contributed by atoms with van der Waals surface area (Å²) in [6.45, 7) is 11.5. The van der Waals surface area contributed by atoms with Crippen molar-refractivity contribution in [2.24, 2.45) is 0 Å². The van der Waals surface area contributed by atoms with Crippen molar-refractivity contribution < 1.29 is 0 Å². The Hall–Kier alpha value is -2.17. The van der Waals surface area contributed by atoms with E-state index in [-0.39, 0.29) is 10.8 Å². The Labute approximate surface area is 132 Å². The fourth-order valence-corrected chi connectivity index (χ4v) is 2.01. The Morgan fingerprint density at radius 3 is 2.00 bits per heavy atom. The molecule has 0 unspecified atom stereocenters. The van der Waals surface area contributed by atoms with Crippen LogP contribution in [-0.2, 0) is 10.8 Å². The first kappa shape index (κ1) is 16.2. The van der Waals surface area contributed by atoms with Crippen molar-refractivity contribution >= 4 is 11.8 Å². The van der Waals surface area contributed by atoms with Crippen LogP contribution in [0.1, 0.15) is 45.7 Å². The first-order valence-electron chi connectivity index (χ1n) is 7.47. The molecule has 0 aliphatic heterocycles. The monoisotopic (exact) mass is 299 g/mol. The maximum Gasteiger partial charge on any atom is 0.222 e. The second-order valence-corrected chi connectivity index (χ2v) is 7.25. The van der Waals surface area contributed by atoms with E-state index in [1.54, 1.807) is 0 Å². The molecule has 0 spiro atoms. The molecule has 2 heterocycles. The molecule has 0 amide bonds. The SMILES string of the molecule is CC(C)(C)c1cnc(NCC(C)(C)c2ccc(N)nc2)nc1. The second kappa shape index (κ2) is 5.91. The highest BCUT2D eigenvalue weighted by atomic mass is 15.1. The minimum absolute atomic E-state index is 0.0629. The van der Waals surface area contributed by atoms with E-state index < -0.39 is 0 Å². The lowest BCUT2D eigenvalue weighted by molar-refractivity contribution is 0.552. The van der Waals surface area contributed by atoms with E-state index in [1.165, 1.54) is 0 Å². The fourth-order valence-electron chi connectivity index (χ4n) is 2.01. The van der Waals surface area contributed by atoms with Crippen LogP contribution in [0.5, 0.6) is 0 Å². The summed E-state index contributed by atoms with van der Waals surface area (Å²) in [6.07, 6.45) is 5.58.